The zero-order valence-electron chi connectivity index (χ0n) is 14.1. The van der Waals surface area contributed by atoms with E-state index in [1.54, 1.807) is 24.3 Å². The number of carbonyl (C=O) groups is 2. The van der Waals surface area contributed by atoms with E-state index >= 15 is 0 Å². The molecule has 7 nitrogen and oxygen atoms in total. The first kappa shape index (κ1) is 19.1. The summed E-state index contributed by atoms with van der Waals surface area (Å²) in [6, 6.07) is 10.9. The SMILES string of the molecule is CC(=O)C1=C(O)C(=O)N(c2ccc(S(N)(=O)=O)cc2)[C@@H]1c1ccc(Cl)cc1. The molecular formula is C18H15ClN2O5S. The first-order chi connectivity index (χ1) is 12.6. The number of primary sulfonamides is 1. The number of halogens is 1. The molecule has 3 N–H and O–H groups in total. The number of hydrogen-bond acceptors (Lipinski definition) is 5. The Labute approximate surface area is 160 Å². The molecule has 0 aromatic heterocycles. The Morgan fingerprint density at radius 2 is 1.67 bits per heavy atom. The van der Waals surface area contributed by atoms with Gasteiger partial charge in [0.05, 0.1) is 16.5 Å². The summed E-state index contributed by atoms with van der Waals surface area (Å²) in [6.07, 6.45) is 0. The molecule has 1 aliphatic heterocycles. The van der Waals surface area contributed by atoms with Crippen LogP contribution in [0.15, 0.2) is 64.8 Å². The number of benzene rings is 2. The second-order valence-corrected chi connectivity index (χ2v) is 7.98. The van der Waals surface area contributed by atoms with E-state index < -0.39 is 33.5 Å². The minimum Gasteiger partial charge on any atom is -0.503 e. The molecule has 1 heterocycles. The van der Waals surface area contributed by atoms with E-state index in [1.165, 1.54) is 36.1 Å². The lowest BCUT2D eigenvalue weighted by atomic mass is 9.96. The van der Waals surface area contributed by atoms with Crippen LogP contribution < -0.4 is 10.0 Å². The molecule has 0 unspecified atom stereocenters. The van der Waals surface area contributed by atoms with E-state index in [2.05, 4.69) is 0 Å². The molecule has 0 fully saturated rings. The fourth-order valence-corrected chi connectivity index (χ4v) is 3.63. The van der Waals surface area contributed by atoms with Crippen LogP contribution in [0.1, 0.15) is 18.5 Å². The van der Waals surface area contributed by atoms with Gasteiger partial charge in [0.15, 0.2) is 11.5 Å². The number of rotatable bonds is 4. The molecule has 3 rings (SSSR count). The summed E-state index contributed by atoms with van der Waals surface area (Å²) < 4.78 is 22.9. The van der Waals surface area contributed by atoms with Crippen molar-refractivity contribution in [3.8, 4) is 0 Å². The predicted molar refractivity (Wildman–Crippen MR) is 99.8 cm³/mol. The zero-order valence-corrected chi connectivity index (χ0v) is 15.7. The van der Waals surface area contributed by atoms with Crippen LogP contribution >= 0.6 is 11.6 Å². The van der Waals surface area contributed by atoms with Crippen LogP contribution in [0.25, 0.3) is 0 Å². The van der Waals surface area contributed by atoms with Gasteiger partial charge in [-0.3, -0.25) is 14.5 Å². The summed E-state index contributed by atoms with van der Waals surface area (Å²) in [7, 11) is -3.89. The highest BCUT2D eigenvalue weighted by atomic mass is 35.5. The van der Waals surface area contributed by atoms with Crippen LogP contribution in [-0.4, -0.2) is 25.2 Å². The lowest BCUT2D eigenvalue weighted by Gasteiger charge is -2.26. The maximum absolute atomic E-state index is 12.6. The van der Waals surface area contributed by atoms with Gasteiger partial charge in [-0.25, -0.2) is 13.6 Å². The minimum absolute atomic E-state index is 0.0437. The summed E-state index contributed by atoms with van der Waals surface area (Å²) in [5.41, 5.74) is 0.825. The molecular weight excluding hydrogens is 392 g/mol. The van der Waals surface area contributed by atoms with Crippen LogP contribution in [0.4, 0.5) is 5.69 Å². The molecule has 140 valence electrons. The van der Waals surface area contributed by atoms with Crippen LogP contribution in [0, 0.1) is 0 Å². The molecule has 1 atom stereocenters. The number of amides is 1. The van der Waals surface area contributed by atoms with Gasteiger partial charge in [0.1, 0.15) is 0 Å². The van der Waals surface area contributed by atoms with Gasteiger partial charge >= 0.3 is 0 Å². The zero-order chi connectivity index (χ0) is 19.9. The summed E-state index contributed by atoms with van der Waals surface area (Å²) in [6.45, 7) is 1.26. The van der Waals surface area contributed by atoms with Crippen LogP contribution in [0.2, 0.25) is 5.02 Å². The lowest BCUT2D eigenvalue weighted by Crippen LogP contribution is -2.30. The Balaban J connectivity index is 2.14. The van der Waals surface area contributed by atoms with Crippen molar-refractivity contribution in [1.29, 1.82) is 0 Å². The molecule has 2 aromatic carbocycles. The van der Waals surface area contributed by atoms with E-state index in [1.807, 2.05) is 0 Å². The summed E-state index contributed by atoms with van der Waals surface area (Å²) >= 11 is 5.91. The Morgan fingerprint density at radius 3 is 2.15 bits per heavy atom. The smallest absolute Gasteiger partial charge is 0.294 e. The molecule has 0 aliphatic carbocycles. The van der Waals surface area contributed by atoms with Crippen molar-refractivity contribution in [2.24, 2.45) is 5.14 Å². The van der Waals surface area contributed by atoms with Crippen LogP contribution in [0.5, 0.6) is 0 Å². The third-order valence-corrected chi connectivity index (χ3v) is 5.40. The van der Waals surface area contributed by atoms with Gasteiger partial charge in [0, 0.05) is 10.7 Å². The largest absolute Gasteiger partial charge is 0.503 e. The van der Waals surface area contributed by atoms with Crippen molar-refractivity contribution in [1.82, 2.24) is 0 Å². The number of nitrogens with two attached hydrogens (primary N) is 1. The molecule has 0 bridgehead atoms. The number of anilines is 1. The second-order valence-electron chi connectivity index (χ2n) is 5.99. The van der Waals surface area contributed by atoms with Gasteiger partial charge in [-0.2, -0.15) is 0 Å². The first-order valence-corrected chi connectivity index (χ1v) is 9.69. The number of ketones is 1. The molecule has 0 radical (unpaired) electrons. The number of aliphatic hydroxyl groups excluding tert-OH is 1. The van der Waals surface area contributed by atoms with Gasteiger partial charge in [-0.1, -0.05) is 23.7 Å². The van der Waals surface area contributed by atoms with E-state index in [0.717, 1.165) is 0 Å². The Bertz CT molecular complexity index is 1060. The van der Waals surface area contributed by atoms with Crippen molar-refractivity contribution in [2.75, 3.05) is 4.90 Å². The Morgan fingerprint density at radius 1 is 1.11 bits per heavy atom. The van der Waals surface area contributed by atoms with E-state index in [4.69, 9.17) is 16.7 Å². The first-order valence-electron chi connectivity index (χ1n) is 7.77. The number of sulfonamides is 1. The van der Waals surface area contributed by atoms with E-state index in [-0.39, 0.29) is 10.5 Å². The van der Waals surface area contributed by atoms with E-state index in [0.29, 0.717) is 16.3 Å². The lowest BCUT2D eigenvalue weighted by molar-refractivity contribution is -0.117. The fourth-order valence-electron chi connectivity index (χ4n) is 2.99. The number of Topliss-reactive ketones (excluding diaryl/α,β-unsaturated/α-hetero) is 1. The monoisotopic (exact) mass is 406 g/mol. The highest BCUT2D eigenvalue weighted by Gasteiger charge is 2.43. The van der Waals surface area contributed by atoms with E-state index in [9.17, 15) is 23.1 Å². The van der Waals surface area contributed by atoms with Gasteiger partial charge in [0.2, 0.25) is 10.0 Å². The van der Waals surface area contributed by atoms with Gasteiger partial charge in [-0.15, -0.1) is 0 Å². The second kappa shape index (κ2) is 6.80. The fraction of sp³-hybridized carbons (Fsp3) is 0.111. The Hall–Kier alpha value is -2.68. The van der Waals surface area contributed by atoms with Gasteiger partial charge < -0.3 is 5.11 Å². The third kappa shape index (κ3) is 3.46. The standard InChI is InChI=1S/C18H15ClN2O5S/c1-10(22)15-16(11-2-4-12(19)5-3-11)21(18(24)17(15)23)13-6-8-14(9-7-13)27(20,25)26/h2-9,16,23H,1H3,(H2,20,25,26)/t16-/m1/s1. The van der Waals surface area contributed by atoms with Crippen molar-refractivity contribution < 1.29 is 23.1 Å². The number of nitrogens with zero attached hydrogens (tertiary/aromatic N) is 1. The summed E-state index contributed by atoms with van der Waals surface area (Å²) in [4.78, 5) is 25.9. The van der Waals surface area contributed by atoms with Gasteiger partial charge in [0.25, 0.3) is 5.91 Å². The van der Waals surface area contributed by atoms with Crippen molar-refractivity contribution in [2.45, 2.75) is 17.9 Å². The molecule has 27 heavy (non-hydrogen) atoms. The van der Waals surface area contributed by atoms with Crippen molar-refractivity contribution in [3.63, 3.8) is 0 Å². The van der Waals surface area contributed by atoms with Crippen molar-refractivity contribution >= 4 is 39.0 Å². The highest BCUT2D eigenvalue weighted by Crippen LogP contribution is 2.41. The topological polar surface area (TPSA) is 118 Å². The Kier molecular flexibility index (Phi) is 4.81. The summed E-state index contributed by atoms with van der Waals surface area (Å²) in [5.74, 6) is -1.86. The highest BCUT2D eigenvalue weighted by molar-refractivity contribution is 7.89. The molecule has 1 amide bonds. The summed E-state index contributed by atoms with van der Waals surface area (Å²) in [5, 5.41) is 15.8. The van der Waals surface area contributed by atoms with Crippen molar-refractivity contribution in [3.05, 3.63) is 70.4 Å². The average Bonchev–Trinajstić information content (AvgIpc) is 2.86. The van der Waals surface area contributed by atoms with Crippen LogP contribution in [0.3, 0.4) is 0 Å². The third-order valence-electron chi connectivity index (χ3n) is 4.22. The molecule has 0 saturated heterocycles. The average molecular weight is 407 g/mol. The molecule has 2 aromatic rings. The maximum atomic E-state index is 12.6. The molecule has 0 spiro atoms. The predicted octanol–water partition coefficient (Wildman–Crippen LogP) is 2.48. The normalized spacial score (nSPS) is 17.5. The number of carbonyl (C=O) groups excluding carboxylic acids is 2. The molecule has 0 saturated carbocycles. The minimum atomic E-state index is -3.89. The number of aliphatic hydroxyl groups is 1. The number of hydrogen-bond donors (Lipinski definition) is 2. The molecule has 9 heteroatoms. The quantitative estimate of drug-likeness (QED) is 0.808. The van der Waals surface area contributed by atoms with Crippen LogP contribution in [-0.2, 0) is 19.6 Å². The van der Waals surface area contributed by atoms with Gasteiger partial charge in [-0.05, 0) is 48.9 Å². The maximum Gasteiger partial charge on any atom is 0.294 e. The molecule has 1 aliphatic rings.